The molecular weight excluding hydrogens is 592 g/mol. The number of aromatic nitrogens is 1. The lowest BCUT2D eigenvalue weighted by Crippen LogP contribution is -2.39. The van der Waals surface area contributed by atoms with Crippen LogP contribution in [0, 0.1) is 0 Å². The van der Waals surface area contributed by atoms with E-state index in [2.05, 4.69) is 4.99 Å². The molecule has 0 N–H and O–H groups in total. The van der Waals surface area contributed by atoms with E-state index in [1.807, 2.05) is 36.4 Å². The van der Waals surface area contributed by atoms with Gasteiger partial charge in [-0.1, -0.05) is 53.3 Å². The number of methoxy groups -OCH3 is 1. The van der Waals surface area contributed by atoms with Crippen LogP contribution in [0.25, 0.3) is 6.08 Å². The van der Waals surface area contributed by atoms with Gasteiger partial charge in [-0.05, 0) is 61.4 Å². The normalized spacial score (nSPS) is 15.6. The molecule has 2 aliphatic heterocycles. The second-order valence-corrected chi connectivity index (χ2v) is 11.1. The fraction of sp³-hybridized carbons (Fsp3) is 0.219. The van der Waals surface area contributed by atoms with E-state index in [0.717, 1.165) is 11.1 Å². The van der Waals surface area contributed by atoms with E-state index in [9.17, 15) is 9.59 Å². The van der Waals surface area contributed by atoms with Gasteiger partial charge in [0.15, 0.2) is 27.8 Å². The van der Waals surface area contributed by atoms with Gasteiger partial charge in [-0.3, -0.25) is 9.36 Å². The van der Waals surface area contributed by atoms with Crippen molar-refractivity contribution >= 4 is 35.0 Å². The second-order valence-electron chi connectivity index (χ2n) is 9.71. The number of carbonyl (C=O) groups excluding carboxylic acids is 1. The van der Waals surface area contributed by atoms with Crippen molar-refractivity contribution in [1.82, 2.24) is 4.57 Å². The number of thiazole rings is 1. The molecule has 0 radical (unpaired) electrons. The summed E-state index contributed by atoms with van der Waals surface area (Å²) in [7, 11) is 1.56. The van der Waals surface area contributed by atoms with Gasteiger partial charge in [0.25, 0.3) is 5.56 Å². The van der Waals surface area contributed by atoms with Crippen LogP contribution in [0.15, 0.2) is 81.7 Å². The molecule has 0 saturated carbocycles. The monoisotopic (exact) mass is 618 g/mol. The average Bonchev–Trinajstić information content (AvgIpc) is 3.59. The van der Waals surface area contributed by atoms with Gasteiger partial charge in [0.05, 0.1) is 35.6 Å². The van der Waals surface area contributed by atoms with Crippen LogP contribution in [0.5, 0.6) is 23.0 Å². The lowest BCUT2D eigenvalue weighted by molar-refractivity contribution is -0.139. The fourth-order valence-electron chi connectivity index (χ4n) is 5.01. The van der Waals surface area contributed by atoms with Gasteiger partial charge < -0.3 is 23.7 Å². The van der Waals surface area contributed by atoms with Gasteiger partial charge in [0, 0.05) is 10.6 Å². The molecular formula is C32H27ClN2O7S. The van der Waals surface area contributed by atoms with Gasteiger partial charge in [-0.15, -0.1) is 0 Å². The Labute approximate surface area is 255 Å². The summed E-state index contributed by atoms with van der Waals surface area (Å²) in [5.41, 5.74) is 2.74. The zero-order valence-electron chi connectivity index (χ0n) is 23.6. The van der Waals surface area contributed by atoms with Crippen molar-refractivity contribution in [2.24, 2.45) is 4.99 Å². The summed E-state index contributed by atoms with van der Waals surface area (Å²) in [6, 6.07) is 17.5. The molecule has 1 atom stereocenters. The van der Waals surface area contributed by atoms with E-state index in [4.69, 9.17) is 35.3 Å². The van der Waals surface area contributed by atoms with Crippen LogP contribution >= 0.6 is 22.9 Å². The molecule has 0 fully saturated rings. The van der Waals surface area contributed by atoms with Crippen LogP contribution in [0.3, 0.4) is 0 Å². The summed E-state index contributed by atoms with van der Waals surface area (Å²) >= 11 is 7.51. The molecule has 4 aromatic rings. The number of rotatable bonds is 8. The number of allylic oxidation sites excluding steroid dienone is 1. The lowest BCUT2D eigenvalue weighted by Gasteiger charge is -2.24. The van der Waals surface area contributed by atoms with Gasteiger partial charge in [0.2, 0.25) is 6.79 Å². The molecule has 0 aliphatic carbocycles. The summed E-state index contributed by atoms with van der Waals surface area (Å²) < 4.78 is 30.0. The first-order valence-corrected chi connectivity index (χ1v) is 14.7. The summed E-state index contributed by atoms with van der Waals surface area (Å²) in [5.74, 6) is 1.66. The third-order valence-corrected chi connectivity index (χ3v) is 8.41. The molecule has 6 rings (SSSR count). The molecule has 0 spiro atoms. The Morgan fingerprint density at radius 2 is 1.93 bits per heavy atom. The van der Waals surface area contributed by atoms with Crippen LogP contribution in [0.1, 0.15) is 36.6 Å². The third kappa shape index (κ3) is 5.51. The van der Waals surface area contributed by atoms with E-state index in [-0.39, 0.29) is 25.6 Å². The van der Waals surface area contributed by atoms with Crippen molar-refractivity contribution < 1.29 is 28.5 Å². The number of ether oxygens (including phenoxy) is 5. The minimum atomic E-state index is -0.762. The topological polar surface area (TPSA) is 97.6 Å². The highest BCUT2D eigenvalue weighted by Gasteiger charge is 2.34. The number of hydrogen-bond donors (Lipinski definition) is 0. The summed E-state index contributed by atoms with van der Waals surface area (Å²) in [5, 5.41) is 0.619. The Morgan fingerprint density at radius 3 is 2.72 bits per heavy atom. The molecule has 9 nitrogen and oxygen atoms in total. The Bertz CT molecular complexity index is 1950. The van der Waals surface area contributed by atoms with Crippen molar-refractivity contribution in [2.75, 3.05) is 20.5 Å². The number of benzene rings is 3. The fourth-order valence-corrected chi connectivity index (χ4v) is 6.24. The highest BCUT2D eigenvalue weighted by atomic mass is 35.5. The zero-order chi connectivity index (χ0) is 30.1. The van der Waals surface area contributed by atoms with Crippen LogP contribution < -0.4 is 33.8 Å². The maximum absolute atomic E-state index is 14.0. The largest absolute Gasteiger partial charge is 0.493 e. The Morgan fingerprint density at radius 1 is 1.12 bits per heavy atom. The molecule has 0 amide bonds. The van der Waals surface area contributed by atoms with Crippen LogP contribution in [-0.2, 0) is 16.1 Å². The SMILES string of the molecule is CCOC(=O)C1=C(C)N=c2s/c(=C\c3ccc(OCc4ccccc4Cl)c(OC)c3)c(=O)n2[C@H]1c1ccc2c(c1)OCO2. The molecule has 11 heteroatoms. The van der Waals surface area contributed by atoms with Crippen molar-refractivity contribution in [3.05, 3.63) is 113 Å². The quantitative estimate of drug-likeness (QED) is 0.263. The maximum Gasteiger partial charge on any atom is 0.338 e. The molecule has 0 saturated heterocycles. The number of halogens is 1. The van der Waals surface area contributed by atoms with Crippen molar-refractivity contribution in [3.63, 3.8) is 0 Å². The summed E-state index contributed by atoms with van der Waals surface area (Å²) in [6.07, 6.45) is 1.77. The molecule has 3 heterocycles. The van der Waals surface area contributed by atoms with Crippen LogP contribution in [0.4, 0.5) is 0 Å². The lowest BCUT2D eigenvalue weighted by atomic mass is 9.95. The van der Waals surface area contributed by atoms with E-state index in [0.29, 0.717) is 54.2 Å². The first-order chi connectivity index (χ1) is 20.9. The van der Waals surface area contributed by atoms with Gasteiger partial charge in [-0.25, -0.2) is 9.79 Å². The minimum Gasteiger partial charge on any atom is -0.493 e. The smallest absolute Gasteiger partial charge is 0.338 e. The highest BCUT2D eigenvalue weighted by molar-refractivity contribution is 7.07. The molecule has 220 valence electrons. The first-order valence-electron chi connectivity index (χ1n) is 13.5. The number of fused-ring (bicyclic) bond motifs is 2. The molecule has 3 aromatic carbocycles. The molecule has 2 aliphatic rings. The van der Waals surface area contributed by atoms with E-state index < -0.39 is 12.0 Å². The predicted octanol–water partition coefficient (Wildman–Crippen LogP) is 4.77. The number of hydrogen-bond acceptors (Lipinski definition) is 9. The van der Waals surface area contributed by atoms with Crippen LogP contribution in [-0.4, -0.2) is 31.0 Å². The minimum absolute atomic E-state index is 0.106. The molecule has 43 heavy (non-hydrogen) atoms. The molecule has 0 bridgehead atoms. The molecule has 1 aromatic heterocycles. The predicted molar refractivity (Wildman–Crippen MR) is 162 cm³/mol. The van der Waals surface area contributed by atoms with Crippen molar-refractivity contribution in [3.8, 4) is 23.0 Å². The Kier molecular flexibility index (Phi) is 7.96. The van der Waals surface area contributed by atoms with Gasteiger partial charge >= 0.3 is 5.97 Å². The average molecular weight is 619 g/mol. The number of esters is 1. The third-order valence-electron chi connectivity index (χ3n) is 7.06. The van der Waals surface area contributed by atoms with E-state index >= 15 is 0 Å². The highest BCUT2D eigenvalue weighted by Crippen LogP contribution is 2.38. The van der Waals surface area contributed by atoms with Gasteiger partial charge in [-0.2, -0.15) is 0 Å². The Balaban J connectivity index is 1.40. The van der Waals surface area contributed by atoms with E-state index in [1.54, 1.807) is 51.3 Å². The van der Waals surface area contributed by atoms with Crippen molar-refractivity contribution in [1.29, 1.82) is 0 Å². The number of carbonyl (C=O) groups is 1. The zero-order valence-corrected chi connectivity index (χ0v) is 25.2. The standard InChI is InChI=1S/C32H27ClN2O7S/c1-4-39-31(37)28-18(2)34-32-35(29(28)20-10-12-24-26(15-20)42-17-41-24)30(36)27(43-32)14-19-9-11-23(25(13-19)38-3)40-16-21-7-5-6-8-22(21)33/h5-15,29H,4,16-17H2,1-3H3/b27-14-/t29-/m0/s1. The van der Waals surface area contributed by atoms with Crippen LogP contribution in [0.2, 0.25) is 5.02 Å². The van der Waals surface area contributed by atoms with Crippen molar-refractivity contribution in [2.45, 2.75) is 26.5 Å². The first kappa shape index (κ1) is 28.6. The number of nitrogens with zero attached hydrogens (tertiary/aromatic N) is 2. The van der Waals surface area contributed by atoms with E-state index in [1.165, 1.54) is 15.9 Å². The Hall–Kier alpha value is -4.54. The van der Waals surface area contributed by atoms with Gasteiger partial charge in [0.1, 0.15) is 6.61 Å². The maximum atomic E-state index is 14.0. The molecule has 0 unspecified atom stereocenters. The second kappa shape index (κ2) is 12.0. The summed E-state index contributed by atoms with van der Waals surface area (Å²) in [4.78, 5) is 32.2. The summed E-state index contributed by atoms with van der Waals surface area (Å²) in [6.45, 7) is 4.05.